The Balaban J connectivity index is 1.67. The van der Waals surface area contributed by atoms with Gasteiger partial charge < -0.3 is 10.4 Å². The van der Waals surface area contributed by atoms with E-state index in [4.69, 9.17) is 0 Å². The SMILES string of the molecule is C[C@H](C(=O)NCCC[C@@H]1CCC[C@@H]1O)c1ccccc1. The summed E-state index contributed by atoms with van der Waals surface area (Å²) in [6.45, 7) is 2.64. The smallest absolute Gasteiger partial charge is 0.227 e. The molecule has 0 aliphatic heterocycles. The van der Waals surface area contributed by atoms with E-state index in [2.05, 4.69) is 5.32 Å². The van der Waals surface area contributed by atoms with Crippen LogP contribution in [-0.2, 0) is 4.79 Å². The molecule has 2 rings (SSSR count). The summed E-state index contributed by atoms with van der Waals surface area (Å²) in [6, 6.07) is 9.85. The second-order valence-corrected chi connectivity index (χ2v) is 5.82. The van der Waals surface area contributed by atoms with Crippen molar-refractivity contribution in [3.63, 3.8) is 0 Å². The first-order chi connectivity index (χ1) is 9.68. The Hall–Kier alpha value is -1.35. The molecule has 0 bridgehead atoms. The third kappa shape index (κ3) is 4.07. The lowest BCUT2D eigenvalue weighted by atomic mass is 9.99. The van der Waals surface area contributed by atoms with E-state index >= 15 is 0 Å². The number of carbonyl (C=O) groups is 1. The van der Waals surface area contributed by atoms with Crippen molar-refractivity contribution in [2.24, 2.45) is 5.92 Å². The molecule has 0 aromatic heterocycles. The van der Waals surface area contributed by atoms with Crippen molar-refractivity contribution < 1.29 is 9.90 Å². The third-order valence-corrected chi connectivity index (χ3v) is 4.36. The maximum atomic E-state index is 12.0. The molecule has 1 fully saturated rings. The third-order valence-electron chi connectivity index (χ3n) is 4.36. The molecular formula is C17H25NO2. The predicted octanol–water partition coefficient (Wildman–Crippen LogP) is 2.85. The molecule has 0 spiro atoms. The molecule has 1 aliphatic carbocycles. The normalized spacial score (nSPS) is 23.5. The summed E-state index contributed by atoms with van der Waals surface area (Å²) >= 11 is 0. The molecule has 3 nitrogen and oxygen atoms in total. The average molecular weight is 275 g/mol. The van der Waals surface area contributed by atoms with Crippen LogP contribution in [0.3, 0.4) is 0 Å². The van der Waals surface area contributed by atoms with Crippen molar-refractivity contribution in [1.82, 2.24) is 5.32 Å². The first-order valence-electron chi connectivity index (χ1n) is 7.69. The summed E-state index contributed by atoms with van der Waals surface area (Å²) in [7, 11) is 0. The topological polar surface area (TPSA) is 49.3 Å². The van der Waals surface area contributed by atoms with Gasteiger partial charge in [0.05, 0.1) is 12.0 Å². The molecule has 20 heavy (non-hydrogen) atoms. The maximum Gasteiger partial charge on any atom is 0.227 e. The van der Waals surface area contributed by atoms with Gasteiger partial charge in [-0.1, -0.05) is 36.8 Å². The van der Waals surface area contributed by atoms with Gasteiger partial charge in [0.15, 0.2) is 0 Å². The summed E-state index contributed by atoms with van der Waals surface area (Å²) < 4.78 is 0. The van der Waals surface area contributed by atoms with E-state index in [1.54, 1.807) is 0 Å². The van der Waals surface area contributed by atoms with Gasteiger partial charge in [0.1, 0.15) is 0 Å². The van der Waals surface area contributed by atoms with Crippen LogP contribution in [0.25, 0.3) is 0 Å². The molecule has 1 amide bonds. The Bertz CT molecular complexity index is 418. The van der Waals surface area contributed by atoms with Crippen LogP contribution >= 0.6 is 0 Å². The number of hydrogen-bond donors (Lipinski definition) is 2. The minimum absolute atomic E-state index is 0.0863. The van der Waals surface area contributed by atoms with Crippen LogP contribution in [0.1, 0.15) is 50.5 Å². The van der Waals surface area contributed by atoms with Gasteiger partial charge in [-0.25, -0.2) is 0 Å². The van der Waals surface area contributed by atoms with Crippen molar-refractivity contribution in [1.29, 1.82) is 0 Å². The van der Waals surface area contributed by atoms with E-state index in [0.717, 1.165) is 37.7 Å². The number of rotatable bonds is 6. The van der Waals surface area contributed by atoms with Gasteiger partial charge in [-0.2, -0.15) is 0 Å². The zero-order valence-corrected chi connectivity index (χ0v) is 12.2. The molecule has 1 aliphatic rings. The van der Waals surface area contributed by atoms with Gasteiger partial charge in [-0.3, -0.25) is 4.79 Å². The molecule has 2 N–H and O–H groups in total. The Morgan fingerprint density at radius 3 is 2.75 bits per heavy atom. The monoisotopic (exact) mass is 275 g/mol. The molecule has 0 radical (unpaired) electrons. The second kappa shape index (κ2) is 7.44. The van der Waals surface area contributed by atoms with E-state index in [9.17, 15) is 9.90 Å². The molecule has 0 heterocycles. The van der Waals surface area contributed by atoms with Crippen molar-refractivity contribution in [2.75, 3.05) is 6.54 Å². The number of nitrogens with one attached hydrogen (secondary N) is 1. The van der Waals surface area contributed by atoms with Gasteiger partial charge in [-0.15, -0.1) is 0 Å². The van der Waals surface area contributed by atoms with E-state index in [0.29, 0.717) is 12.5 Å². The van der Waals surface area contributed by atoms with Crippen LogP contribution in [0.5, 0.6) is 0 Å². The molecule has 110 valence electrons. The highest BCUT2D eigenvalue weighted by Crippen LogP contribution is 2.28. The largest absolute Gasteiger partial charge is 0.393 e. The summed E-state index contributed by atoms with van der Waals surface area (Å²) in [6.07, 6.45) is 5.07. The van der Waals surface area contributed by atoms with Gasteiger partial charge in [0.2, 0.25) is 5.91 Å². The highest BCUT2D eigenvalue weighted by Gasteiger charge is 2.24. The molecule has 1 saturated carbocycles. The van der Waals surface area contributed by atoms with E-state index in [-0.39, 0.29) is 17.9 Å². The van der Waals surface area contributed by atoms with Crippen molar-refractivity contribution >= 4 is 5.91 Å². The predicted molar refractivity (Wildman–Crippen MR) is 80.4 cm³/mol. The van der Waals surface area contributed by atoms with Crippen LogP contribution in [0, 0.1) is 5.92 Å². The summed E-state index contributed by atoms with van der Waals surface area (Å²) in [5.74, 6) is 0.426. The van der Waals surface area contributed by atoms with Crippen LogP contribution in [-0.4, -0.2) is 23.7 Å². The zero-order chi connectivity index (χ0) is 14.4. The number of aliphatic hydroxyl groups excluding tert-OH is 1. The Labute approximate surface area is 121 Å². The lowest BCUT2D eigenvalue weighted by Gasteiger charge is -2.15. The van der Waals surface area contributed by atoms with Crippen LogP contribution in [0.2, 0.25) is 0 Å². The summed E-state index contributed by atoms with van der Waals surface area (Å²) in [4.78, 5) is 12.0. The minimum Gasteiger partial charge on any atom is -0.393 e. The number of aliphatic hydroxyl groups is 1. The molecule has 3 atom stereocenters. The fourth-order valence-electron chi connectivity index (χ4n) is 2.98. The average Bonchev–Trinajstić information content (AvgIpc) is 2.89. The van der Waals surface area contributed by atoms with Crippen molar-refractivity contribution in [3.8, 4) is 0 Å². The molecule has 3 heteroatoms. The van der Waals surface area contributed by atoms with Gasteiger partial charge >= 0.3 is 0 Å². The lowest BCUT2D eigenvalue weighted by molar-refractivity contribution is -0.122. The Morgan fingerprint density at radius 1 is 1.35 bits per heavy atom. The first-order valence-corrected chi connectivity index (χ1v) is 7.69. The number of hydrogen-bond acceptors (Lipinski definition) is 2. The van der Waals surface area contributed by atoms with Gasteiger partial charge in [-0.05, 0) is 44.1 Å². The zero-order valence-electron chi connectivity index (χ0n) is 12.2. The van der Waals surface area contributed by atoms with Gasteiger partial charge in [0.25, 0.3) is 0 Å². The first kappa shape index (κ1) is 15.0. The fourth-order valence-corrected chi connectivity index (χ4v) is 2.98. The number of amides is 1. The Kier molecular flexibility index (Phi) is 5.60. The van der Waals surface area contributed by atoms with E-state index in [1.807, 2.05) is 37.3 Å². The highest BCUT2D eigenvalue weighted by atomic mass is 16.3. The Morgan fingerprint density at radius 2 is 2.10 bits per heavy atom. The van der Waals surface area contributed by atoms with E-state index < -0.39 is 0 Å². The quantitative estimate of drug-likeness (QED) is 0.784. The van der Waals surface area contributed by atoms with Crippen LogP contribution < -0.4 is 5.32 Å². The van der Waals surface area contributed by atoms with Gasteiger partial charge in [0, 0.05) is 6.54 Å². The van der Waals surface area contributed by atoms with Crippen LogP contribution in [0.15, 0.2) is 30.3 Å². The standard InChI is InChI=1S/C17H25NO2/c1-13(14-7-3-2-4-8-14)17(20)18-12-6-10-15-9-5-11-16(15)19/h2-4,7-8,13,15-16,19H,5-6,9-12H2,1H3,(H,18,20)/t13-,15-,16-/m0/s1. The molecule has 1 aromatic carbocycles. The summed E-state index contributed by atoms with van der Waals surface area (Å²) in [5, 5.41) is 12.7. The van der Waals surface area contributed by atoms with Crippen molar-refractivity contribution in [2.45, 2.75) is 51.0 Å². The molecule has 1 aromatic rings. The highest BCUT2D eigenvalue weighted by molar-refractivity contribution is 5.83. The second-order valence-electron chi connectivity index (χ2n) is 5.82. The minimum atomic E-state index is -0.117. The van der Waals surface area contributed by atoms with E-state index in [1.165, 1.54) is 0 Å². The van der Waals surface area contributed by atoms with Crippen molar-refractivity contribution in [3.05, 3.63) is 35.9 Å². The lowest BCUT2D eigenvalue weighted by Crippen LogP contribution is -2.29. The van der Waals surface area contributed by atoms with Crippen LogP contribution in [0.4, 0.5) is 0 Å². The molecule has 0 saturated heterocycles. The number of benzene rings is 1. The number of carbonyl (C=O) groups excluding carboxylic acids is 1. The fraction of sp³-hybridized carbons (Fsp3) is 0.588. The summed E-state index contributed by atoms with van der Waals surface area (Å²) in [5.41, 5.74) is 1.05. The molecular weight excluding hydrogens is 250 g/mol. The maximum absolute atomic E-state index is 12.0. The molecule has 0 unspecified atom stereocenters.